The van der Waals surface area contributed by atoms with Crippen molar-refractivity contribution in [2.75, 3.05) is 19.9 Å². The van der Waals surface area contributed by atoms with Crippen LogP contribution in [0, 0.1) is 0 Å². The summed E-state index contributed by atoms with van der Waals surface area (Å²) in [6.07, 6.45) is -5.96. The van der Waals surface area contributed by atoms with Gasteiger partial charge in [0.15, 0.2) is 17.7 Å². The van der Waals surface area contributed by atoms with Crippen molar-refractivity contribution in [2.45, 2.75) is 62.9 Å². The molecule has 0 radical (unpaired) electrons. The number of ether oxygens (including phenoxy) is 4. The maximum Gasteiger partial charge on any atom is 0.459 e. The molecular weight excluding hydrogens is 568 g/mol. The van der Waals surface area contributed by atoms with Crippen LogP contribution in [0.25, 0.3) is 0 Å². The van der Waals surface area contributed by atoms with Gasteiger partial charge in [0.2, 0.25) is 12.7 Å². The molecule has 0 bridgehead atoms. The molecule has 1 unspecified atom stereocenters. The summed E-state index contributed by atoms with van der Waals surface area (Å²) < 4.78 is 61.3. The molecule has 4 rings (SSSR count). The number of fused-ring (bicyclic) bond motifs is 1. The second-order valence-electron chi connectivity index (χ2n) is 9.18. The second-order valence-corrected chi connectivity index (χ2v) is 11.5. The van der Waals surface area contributed by atoms with Crippen molar-refractivity contribution in [3.8, 4) is 17.2 Å². The molecule has 3 aliphatic heterocycles. The topological polar surface area (TPSA) is 171 Å². The summed E-state index contributed by atoms with van der Waals surface area (Å²) in [6.45, 7) is 3.65. The minimum absolute atomic E-state index is 0.0112. The number of carbonyl (C=O) groups excluding carboxylic acids is 3. The minimum atomic E-state index is -4.45. The Morgan fingerprint density at radius 2 is 2.05 bits per heavy atom. The minimum Gasteiger partial charge on any atom is -0.462 e. The van der Waals surface area contributed by atoms with Crippen molar-refractivity contribution in [3.63, 3.8) is 0 Å². The maximum atomic E-state index is 15.3. The zero-order chi connectivity index (χ0) is 28.5. The fourth-order valence-corrected chi connectivity index (χ4v) is 5.70. The lowest BCUT2D eigenvalue weighted by Gasteiger charge is -2.34. The smallest absolute Gasteiger partial charge is 0.459 e. The summed E-state index contributed by atoms with van der Waals surface area (Å²) in [6, 6.07) is 2.17. The Kier molecular flexibility index (Phi) is 8.59. The van der Waals surface area contributed by atoms with Crippen LogP contribution in [-0.4, -0.2) is 83.6 Å². The Hall–Kier alpha value is -2.68. The van der Waals surface area contributed by atoms with Crippen LogP contribution >= 0.6 is 19.3 Å². The highest BCUT2D eigenvalue weighted by Gasteiger charge is 2.60. The van der Waals surface area contributed by atoms with Gasteiger partial charge >= 0.3 is 19.7 Å². The van der Waals surface area contributed by atoms with Crippen LogP contribution in [0.5, 0.6) is 17.2 Å². The number of hydrogen-bond acceptors (Lipinski definition) is 11. The Bertz CT molecular complexity index is 1170. The molecule has 2 saturated heterocycles. The van der Waals surface area contributed by atoms with Crippen molar-refractivity contribution >= 4 is 37.3 Å². The maximum absolute atomic E-state index is 15.3. The van der Waals surface area contributed by atoms with E-state index in [-0.39, 0.29) is 25.5 Å². The average molecular weight is 596 g/mol. The van der Waals surface area contributed by atoms with Crippen LogP contribution in [0.4, 0.5) is 9.18 Å². The van der Waals surface area contributed by atoms with Gasteiger partial charge in [0.1, 0.15) is 24.0 Å². The number of nitrogens with one attached hydrogen (secondary N) is 2. The zero-order valence-electron chi connectivity index (χ0n) is 21.1. The predicted octanol–water partition coefficient (Wildman–Crippen LogP) is 1.78. The van der Waals surface area contributed by atoms with E-state index in [1.54, 1.807) is 13.8 Å². The van der Waals surface area contributed by atoms with Gasteiger partial charge < -0.3 is 28.6 Å². The number of benzene rings is 1. The van der Waals surface area contributed by atoms with Crippen molar-refractivity contribution in [2.24, 2.45) is 0 Å². The van der Waals surface area contributed by atoms with Crippen LogP contribution in [0.3, 0.4) is 0 Å². The number of urea groups is 1. The fourth-order valence-electron chi connectivity index (χ4n) is 3.90. The number of amides is 3. The van der Waals surface area contributed by atoms with E-state index in [4.69, 9.17) is 39.6 Å². The van der Waals surface area contributed by atoms with Gasteiger partial charge in [-0.2, -0.15) is 5.09 Å². The zero-order valence-corrected chi connectivity index (χ0v) is 22.8. The van der Waals surface area contributed by atoms with Gasteiger partial charge in [0.25, 0.3) is 5.13 Å². The fraction of sp³-hybridized carbons (Fsp3) is 0.591. The van der Waals surface area contributed by atoms with Crippen LogP contribution in [0.15, 0.2) is 18.2 Å². The normalized spacial score (nSPS) is 28.7. The van der Waals surface area contributed by atoms with Crippen LogP contribution in [0.2, 0.25) is 0 Å². The molecule has 0 saturated carbocycles. The summed E-state index contributed by atoms with van der Waals surface area (Å²) in [5.74, 6) is -0.567. The molecule has 0 aliphatic carbocycles. The van der Waals surface area contributed by atoms with E-state index in [1.807, 2.05) is 5.32 Å². The highest BCUT2D eigenvalue weighted by atomic mass is 35.5. The summed E-state index contributed by atoms with van der Waals surface area (Å²) in [7, 11) is -4.45. The highest BCUT2D eigenvalue weighted by molar-refractivity contribution is 7.52. The van der Waals surface area contributed by atoms with E-state index in [1.165, 1.54) is 25.1 Å². The molecule has 39 heavy (non-hydrogen) atoms. The first-order chi connectivity index (χ1) is 18.3. The lowest BCUT2D eigenvalue weighted by Crippen LogP contribution is -2.58. The third kappa shape index (κ3) is 6.56. The number of imide groups is 1. The number of esters is 1. The molecule has 0 spiro atoms. The number of rotatable bonds is 10. The first kappa shape index (κ1) is 29.3. The van der Waals surface area contributed by atoms with E-state index in [0.29, 0.717) is 11.5 Å². The van der Waals surface area contributed by atoms with Crippen molar-refractivity contribution in [1.29, 1.82) is 0 Å². The predicted molar refractivity (Wildman–Crippen MR) is 130 cm³/mol. The highest BCUT2D eigenvalue weighted by Crippen LogP contribution is 2.49. The van der Waals surface area contributed by atoms with Crippen molar-refractivity contribution < 1.29 is 56.4 Å². The quantitative estimate of drug-likeness (QED) is 0.204. The van der Waals surface area contributed by atoms with E-state index >= 15 is 4.39 Å². The monoisotopic (exact) mass is 595 g/mol. The van der Waals surface area contributed by atoms with Gasteiger partial charge in [-0.25, -0.2) is 13.8 Å². The van der Waals surface area contributed by atoms with Crippen LogP contribution in [0.1, 0.15) is 27.2 Å². The molecular formula is C22H28ClFN3O11P. The molecule has 1 aromatic rings. The van der Waals surface area contributed by atoms with Gasteiger partial charge in [-0.1, -0.05) is 11.6 Å². The Balaban J connectivity index is 1.50. The lowest BCUT2D eigenvalue weighted by molar-refractivity contribution is -0.149. The number of aliphatic hydroxyl groups excluding tert-OH is 1. The van der Waals surface area contributed by atoms with Gasteiger partial charge in [-0.15, -0.1) is 0 Å². The number of alkyl halides is 2. The molecule has 3 aliphatic rings. The molecule has 3 N–H and O–H groups in total. The average Bonchev–Trinajstić information content (AvgIpc) is 3.39. The first-order valence-corrected chi connectivity index (χ1v) is 13.8. The van der Waals surface area contributed by atoms with E-state index in [0.717, 1.165) is 4.90 Å². The summed E-state index contributed by atoms with van der Waals surface area (Å²) in [5.41, 5.74) is 0. The first-order valence-electron chi connectivity index (χ1n) is 11.9. The second kappa shape index (κ2) is 11.4. The molecule has 1 aromatic carbocycles. The molecule has 2 fully saturated rings. The van der Waals surface area contributed by atoms with Gasteiger partial charge in [-0.05, 0) is 32.9 Å². The summed E-state index contributed by atoms with van der Waals surface area (Å²) in [5, 5.41) is 12.0. The molecule has 6 atom stereocenters. The third-order valence-corrected chi connectivity index (χ3v) is 7.84. The molecule has 0 aromatic heterocycles. The largest absolute Gasteiger partial charge is 0.462 e. The molecule has 14 nitrogen and oxygen atoms in total. The SMILES string of the molecule is CC(C)OC(=O)[C@H](C)NP(=O)(OC[C@H]1O[C@@H](N2CCC(=O)NC2=O)[C@@](F)(Cl)[C@@H]1O)Oc1ccc2c(c1)OCO2. The standard InChI is InChI=1S/C22H28ClFN3O11P/c1-11(2)36-19(30)12(3)26-39(32,38-13-4-5-14-15(8-13)34-10-33-14)35-9-16-18(29)22(23,24)20(37-16)27-7-6-17(28)25-21(27)31/h4-5,8,11-12,16,18,20,29H,6-7,9-10H2,1-3H3,(H,26,32)(H,25,28,31)/t12-,16+,18+,20+,22+,39?/m0/s1. The van der Waals surface area contributed by atoms with Gasteiger partial charge in [0, 0.05) is 19.0 Å². The van der Waals surface area contributed by atoms with Crippen LogP contribution < -0.4 is 24.4 Å². The van der Waals surface area contributed by atoms with E-state index < -0.39 is 68.0 Å². The number of nitrogens with zero attached hydrogens (tertiary/aromatic N) is 1. The number of carbonyl (C=O) groups is 3. The Labute approximate surface area is 227 Å². The van der Waals surface area contributed by atoms with E-state index in [9.17, 15) is 24.1 Å². The van der Waals surface area contributed by atoms with E-state index in [2.05, 4.69) is 5.09 Å². The number of aliphatic hydroxyl groups is 1. The molecule has 3 heterocycles. The van der Waals surface area contributed by atoms with Crippen molar-refractivity contribution in [1.82, 2.24) is 15.3 Å². The molecule has 3 amide bonds. The summed E-state index contributed by atoms with van der Waals surface area (Å²) in [4.78, 5) is 36.8. The Morgan fingerprint density at radius 3 is 2.74 bits per heavy atom. The lowest BCUT2D eigenvalue weighted by atomic mass is 10.1. The van der Waals surface area contributed by atoms with Crippen molar-refractivity contribution in [3.05, 3.63) is 18.2 Å². The number of halogens is 2. The summed E-state index contributed by atoms with van der Waals surface area (Å²) >= 11 is 5.92. The van der Waals surface area contributed by atoms with Crippen LogP contribution in [-0.2, 0) is 28.2 Å². The molecule has 216 valence electrons. The number of hydrogen-bond donors (Lipinski definition) is 3. The molecule has 17 heteroatoms. The third-order valence-electron chi connectivity index (χ3n) is 5.79. The van der Waals surface area contributed by atoms with Gasteiger partial charge in [-0.3, -0.25) is 24.3 Å². The van der Waals surface area contributed by atoms with Gasteiger partial charge in [0.05, 0.1) is 12.7 Å². The Morgan fingerprint density at radius 1 is 1.33 bits per heavy atom.